The highest BCUT2D eigenvalue weighted by atomic mass is 35.5. The van der Waals surface area contributed by atoms with Crippen LogP contribution in [0.2, 0.25) is 5.02 Å². The van der Waals surface area contributed by atoms with Gasteiger partial charge in [0.05, 0.1) is 4.92 Å². The molecule has 0 saturated carbocycles. The van der Waals surface area contributed by atoms with Crippen molar-refractivity contribution < 1.29 is 14.5 Å². The Labute approximate surface area is 154 Å². The van der Waals surface area contributed by atoms with Crippen LogP contribution >= 0.6 is 11.6 Å². The smallest absolute Gasteiger partial charge is 0.283 e. The summed E-state index contributed by atoms with van der Waals surface area (Å²) >= 11 is 5.79. The van der Waals surface area contributed by atoms with Crippen LogP contribution in [0.5, 0.6) is 0 Å². The maximum atomic E-state index is 12.7. The van der Waals surface area contributed by atoms with Crippen molar-refractivity contribution in [1.82, 2.24) is 9.80 Å². The number of piperazine rings is 1. The number of nitro groups is 1. The first-order chi connectivity index (χ1) is 12.5. The van der Waals surface area contributed by atoms with Gasteiger partial charge in [-0.2, -0.15) is 0 Å². The Morgan fingerprint density at radius 1 is 0.923 bits per heavy atom. The normalized spacial score (nSPS) is 14.2. The summed E-state index contributed by atoms with van der Waals surface area (Å²) in [7, 11) is 0. The number of hydrogen-bond donors (Lipinski definition) is 0. The number of nitro benzene ring substituents is 1. The Hall–Kier alpha value is -2.93. The lowest BCUT2D eigenvalue weighted by atomic mass is 10.1. The van der Waals surface area contributed by atoms with Gasteiger partial charge in [-0.05, 0) is 24.3 Å². The van der Waals surface area contributed by atoms with E-state index in [2.05, 4.69) is 0 Å². The predicted octanol–water partition coefficient (Wildman–Crippen LogP) is 2.85. The summed E-state index contributed by atoms with van der Waals surface area (Å²) in [5.74, 6) is -0.518. The van der Waals surface area contributed by atoms with Crippen LogP contribution in [0.25, 0.3) is 0 Å². The summed E-state index contributed by atoms with van der Waals surface area (Å²) in [5.41, 5.74) is 0.285. The van der Waals surface area contributed by atoms with Crippen LogP contribution in [0.15, 0.2) is 48.5 Å². The van der Waals surface area contributed by atoms with Crippen molar-refractivity contribution in [3.63, 3.8) is 0 Å². The molecule has 2 aromatic rings. The molecule has 1 aliphatic rings. The molecule has 8 heteroatoms. The second kappa shape index (κ2) is 7.53. The maximum absolute atomic E-state index is 12.7. The van der Waals surface area contributed by atoms with Gasteiger partial charge in [0.1, 0.15) is 5.56 Å². The van der Waals surface area contributed by atoms with Gasteiger partial charge in [0.2, 0.25) is 0 Å². The maximum Gasteiger partial charge on any atom is 0.283 e. The van der Waals surface area contributed by atoms with Crippen LogP contribution in [0.3, 0.4) is 0 Å². The molecule has 0 radical (unpaired) electrons. The highest BCUT2D eigenvalue weighted by molar-refractivity contribution is 6.31. The van der Waals surface area contributed by atoms with Crippen molar-refractivity contribution in [1.29, 1.82) is 0 Å². The van der Waals surface area contributed by atoms with E-state index in [9.17, 15) is 19.7 Å². The fourth-order valence-electron chi connectivity index (χ4n) is 2.88. The summed E-state index contributed by atoms with van der Waals surface area (Å²) in [6.45, 7) is 1.39. The summed E-state index contributed by atoms with van der Waals surface area (Å²) < 4.78 is 0. The van der Waals surface area contributed by atoms with Gasteiger partial charge in [-0.25, -0.2) is 0 Å². The zero-order valence-corrected chi connectivity index (χ0v) is 14.6. The third-order valence-corrected chi connectivity index (χ3v) is 4.50. The Morgan fingerprint density at radius 3 is 2.08 bits per heavy atom. The number of carbonyl (C=O) groups excluding carboxylic acids is 2. The van der Waals surface area contributed by atoms with Crippen molar-refractivity contribution in [2.75, 3.05) is 26.2 Å². The van der Waals surface area contributed by atoms with Gasteiger partial charge < -0.3 is 9.80 Å². The Bertz CT molecular complexity index is 849. The number of rotatable bonds is 3. The molecule has 0 unspecified atom stereocenters. The monoisotopic (exact) mass is 373 g/mol. The molecule has 134 valence electrons. The van der Waals surface area contributed by atoms with Gasteiger partial charge in [0.25, 0.3) is 17.5 Å². The molecular weight excluding hydrogens is 358 g/mol. The van der Waals surface area contributed by atoms with Crippen LogP contribution < -0.4 is 0 Å². The molecule has 2 aromatic carbocycles. The number of nitrogens with zero attached hydrogens (tertiary/aromatic N) is 3. The van der Waals surface area contributed by atoms with Gasteiger partial charge in [-0.15, -0.1) is 0 Å². The summed E-state index contributed by atoms with van der Waals surface area (Å²) in [5, 5.41) is 11.4. The Morgan fingerprint density at radius 2 is 1.50 bits per heavy atom. The minimum absolute atomic E-state index is 0.00207. The van der Waals surface area contributed by atoms with E-state index in [1.165, 1.54) is 23.1 Å². The van der Waals surface area contributed by atoms with Crippen molar-refractivity contribution in [2.24, 2.45) is 0 Å². The fraction of sp³-hybridized carbons (Fsp3) is 0.222. The van der Waals surface area contributed by atoms with Crippen LogP contribution in [0.4, 0.5) is 5.69 Å². The van der Waals surface area contributed by atoms with Crippen LogP contribution in [-0.2, 0) is 0 Å². The van der Waals surface area contributed by atoms with Crippen LogP contribution in [-0.4, -0.2) is 52.7 Å². The molecule has 0 aliphatic carbocycles. The molecule has 7 nitrogen and oxygen atoms in total. The predicted molar refractivity (Wildman–Crippen MR) is 96.4 cm³/mol. The summed E-state index contributed by atoms with van der Waals surface area (Å²) in [6.07, 6.45) is 0. The zero-order chi connectivity index (χ0) is 18.7. The first kappa shape index (κ1) is 17.9. The average molecular weight is 374 g/mol. The van der Waals surface area contributed by atoms with Gasteiger partial charge >= 0.3 is 0 Å². The molecule has 0 atom stereocenters. The minimum atomic E-state index is -0.617. The number of hydrogen-bond acceptors (Lipinski definition) is 4. The molecule has 0 N–H and O–H groups in total. The molecule has 3 rings (SSSR count). The van der Waals surface area contributed by atoms with Gasteiger partial charge in [-0.1, -0.05) is 29.8 Å². The molecular formula is C18H16ClN3O4. The average Bonchev–Trinajstić information content (AvgIpc) is 2.67. The van der Waals surface area contributed by atoms with Crippen LogP contribution in [0.1, 0.15) is 20.7 Å². The number of amides is 2. The van der Waals surface area contributed by atoms with E-state index >= 15 is 0 Å². The SMILES string of the molecule is O=C(c1ccccc1)N1CCN(C(=O)c2ccc(Cl)cc2[N+](=O)[O-])CC1. The van der Waals surface area contributed by atoms with Gasteiger partial charge in [0, 0.05) is 42.8 Å². The Kier molecular flexibility index (Phi) is 5.18. The van der Waals surface area contributed by atoms with Crippen molar-refractivity contribution in [3.8, 4) is 0 Å². The molecule has 0 bridgehead atoms. The lowest BCUT2D eigenvalue weighted by Crippen LogP contribution is -2.50. The molecule has 1 saturated heterocycles. The van der Waals surface area contributed by atoms with Gasteiger partial charge in [0.15, 0.2) is 0 Å². The molecule has 0 aromatic heterocycles. The van der Waals surface area contributed by atoms with E-state index in [0.717, 1.165) is 0 Å². The molecule has 1 aliphatic heterocycles. The standard InChI is InChI=1S/C18H16ClN3O4/c19-14-6-7-15(16(12-14)22(25)26)18(24)21-10-8-20(9-11-21)17(23)13-4-2-1-3-5-13/h1-7,12H,8-11H2. The quantitative estimate of drug-likeness (QED) is 0.611. The summed E-state index contributed by atoms with van der Waals surface area (Å²) in [6, 6.07) is 12.9. The lowest BCUT2D eigenvalue weighted by molar-refractivity contribution is -0.385. The van der Waals surface area contributed by atoms with Crippen LogP contribution in [0, 0.1) is 10.1 Å². The van der Waals surface area contributed by atoms with E-state index in [0.29, 0.717) is 31.7 Å². The van der Waals surface area contributed by atoms with E-state index in [-0.39, 0.29) is 22.2 Å². The number of benzene rings is 2. The second-order valence-corrected chi connectivity index (χ2v) is 6.31. The first-order valence-corrected chi connectivity index (χ1v) is 8.42. The minimum Gasteiger partial charge on any atom is -0.335 e. The molecule has 1 fully saturated rings. The molecule has 1 heterocycles. The Balaban J connectivity index is 1.70. The second-order valence-electron chi connectivity index (χ2n) is 5.87. The van der Waals surface area contributed by atoms with Crippen molar-refractivity contribution in [3.05, 3.63) is 74.8 Å². The van der Waals surface area contributed by atoms with E-state index < -0.39 is 10.8 Å². The summed E-state index contributed by atoms with van der Waals surface area (Å²) in [4.78, 5) is 38.9. The highest BCUT2D eigenvalue weighted by Gasteiger charge is 2.29. The highest BCUT2D eigenvalue weighted by Crippen LogP contribution is 2.25. The molecule has 2 amide bonds. The topological polar surface area (TPSA) is 83.8 Å². The number of carbonyl (C=O) groups is 2. The fourth-order valence-corrected chi connectivity index (χ4v) is 3.05. The van der Waals surface area contributed by atoms with Crippen molar-refractivity contribution >= 4 is 29.1 Å². The first-order valence-electron chi connectivity index (χ1n) is 8.05. The molecule has 0 spiro atoms. The van der Waals surface area contributed by atoms with Gasteiger partial charge in [-0.3, -0.25) is 19.7 Å². The van der Waals surface area contributed by atoms with Crippen molar-refractivity contribution in [2.45, 2.75) is 0 Å². The van der Waals surface area contributed by atoms with E-state index in [4.69, 9.17) is 11.6 Å². The molecule has 26 heavy (non-hydrogen) atoms. The number of halogens is 1. The largest absolute Gasteiger partial charge is 0.335 e. The zero-order valence-electron chi connectivity index (χ0n) is 13.8. The third kappa shape index (κ3) is 3.67. The lowest BCUT2D eigenvalue weighted by Gasteiger charge is -2.34. The van der Waals surface area contributed by atoms with E-state index in [1.807, 2.05) is 6.07 Å². The van der Waals surface area contributed by atoms with E-state index in [1.54, 1.807) is 29.2 Å². The third-order valence-electron chi connectivity index (χ3n) is 4.26.